The van der Waals surface area contributed by atoms with E-state index >= 15 is 8.78 Å². The summed E-state index contributed by atoms with van der Waals surface area (Å²) in [6.07, 6.45) is -10.8. The molecule has 4 aromatic rings. The number of H-pyrrole nitrogens is 1. The number of halogens is 2. The number of hydrogen-bond acceptors (Lipinski definition) is 16. The third-order valence-electron chi connectivity index (χ3n) is 6.88. The second-order valence-corrected chi connectivity index (χ2v) is 12.4. The number of aromatic amines is 1. The zero-order valence-corrected chi connectivity index (χ0v) is 23.3. The molecule has 2 aliphatic rings. The van der Waals surface area contributed by atoms with Gasteiger partial charge in [0.1, 0.15) is 24.6 Å². The van der Waals surface area contributed by atoms with Gasteiger partial charge in [0.25, 0.3) is 5.56 Å². The predicted octanol–water partition coefficient (Wildman–Crippen LogP) is -1.65. The fourth-order valence-electron chi connectivity index (χ4n) is 4.86. The average molecular weight is 648 g/mol. The standard InChI is InChI=1S/C20H24F2N11O8PS/c21-8-6(1-2-34)39-19(32-5-27-11-16(32)28-20(24)29-17(11)36)13(8)41-42(37,43)38-3-7-12(35)9(22)18(40-7)33-15-10(30-31-33)14(23)25-4-26-15/h4-9,12-13,18-19,34-35H,1-3H2,(H,37,43)(H2,23,25,26)(H3,24,28,29,36)/t6-,7-,8-,9+,12-,13-,18?,19?,42?/m1/s1. The number of nitrogens with one attached hydrogen (secondary N) is 1. The largest absolute Gasteiger partial charge is 0.396 e. The van der Waals surface area contributed by atoms with Crippen molar-refractivity contribution in [3.63, 3.8) is 0 Å². The molecule has 6 heterocycles. The first kappa shape index (κ1) is 29.7. The van der Waals surface area contributed by atoms with Gasteiger partial charge in [-0.05, 0) is 18.2 Å². The van der Waals surface area contributed by atoms with Gasteiger partial charge in [0.15, 0.2) is 52.9 Å². The summed E-state index contributed by atoms with van der Waals surface area (Å²) in [5.74, 6) is -0.247. The number of hydrogen-bond donors (Lipinski definition) is 6. The number of rotatable bonds is 9. The van der Waals surface area contributed by atoms with Crippen LogP contribution in [0, 0.1) is 0 Å². The van der Waals surface area contributed by atoms with Gasteiger partial charge >= 0.3 is 6.72 Å². The molecule has 6 rings (SSSR count). The van der Waals surface area contributed by atoms with E-state index in [1.54, 1.807) is 0 Å². The topological polar surface area (TPSA) is 270 Å². The summed E-state index contributed by atoms with van der Waals surface area (Å²) < 4.78 is 55.0. The Labute approximate surface area is 243 Å². The highest BCUT2D eigenvalue weighted by Gasteiger charge is 2.51. The van der Waals surface area contributed by atoms with Crippen molar-refractivity contribution in [2.24, 2.45) is 0 Å². The van der Waals surface area contributed by atoms with E-state index in [9.17, 15) is 19.9 Å². The number of aromatic nitrogens is 9. The fourth-order valence-corrected chi connectivity index (χ4v) is 6.27. The maximum atomic E-state index is 15.5. The smallest absolute Gasteiger partial charge is 0.325 e. The molecule has 0 aromatic carbocycles. The number of aliphatic hydroxyl groups excluding tert-OH is 2. The Morgan fingerprint density at radius 3 is 2.65 bits per heavy atom. The van der Waals surface area contributed by atoms with Crippen LogP contribution in [0.2, 0.25) is 0 Å². The van der Waals surface area contributed by atoms with Crippen LogP contribution < -0.4 is 17.0 Å². The normalized spacial score (nSPS) is 30.8. The van der Waals surface area contributed by atoms with Crippen LogP contribution in [0.1, 0.15) is 18.9 Å². The van der Waals surface area contributed by atoms with Gasteiger partial charge in [-0.3, -0.25) is 18.9 Å². The molecule has 0 bridgehead atoms. The van der Waals surface area contributed by atoms with Crippen LogP contribution in [0.3, 0.4) is 0 Å². The minimum absolute atomic E-state index is 0.000427. The van der Waals surface area contributed by atoms with Crippen molar-refractivity contribution in [2.45, 2.75) is 55.6 Å². The number of fused-ring (bicyclic) bond motifs is 2. The number of imidazole rings is 1. The first-order valence-electron chi connectivity index (χ1n) is 12.6. The minimum atomic E-state index is -4.35. The lowest BCUT2D eigenvalue weighted by Gasteiger charge is -2.26. The van der Waals surface area contributed by atoms with Gasteiger partial charge in [0.2, 0.25) is 5.95 Å². The number of ether oxygens (including phenoxy) is 2. The lowest BCUT2D eigenvalue weighted by molar-refractivity contribution is -0.0556. The van der Waals surface area contributed by atoms with E-state index in [1.807, 2.05) is 0 Å². The molecule has 9 atom stereocenters. The zero-order valence-electron chi connectivity index (χ0n) is 21.6. The Balaban J connectivity index is 1.19. The lowest BCUT2D eigenvalue weighted by Crippen LogP contribution is -2.33. The SMILES string of the molecule is Nc1nc2c(ncn2C2O[C@H](CCO)[C@@H](F)[C@H]2OP(O)(=S)OC[C@H]2OC(n3nnc4c(N)ncnc43)[C@@H](F)[C@@H]2O)c(=O)[nH]1. The molecule has 2 aliphatic heterocycles. The van der Waals surface area contributed by atoms with Crippen LogP contribution in [0.25, 0.3) is 22.3 Å². The summed E-state index contributed by atoms with van der Waals surface area (Å²) in [5.41, 5.74) is 10.7. The molecule has 19 nitrogen and oxygen atoms in total. The molecule has 0 amide bonds. The quantitative estimate of drug-likeness (QED) is 0.111. The van der Waals surface area contributed by atoms with Crippen LogP contribution in [0.4, 0.5) is 20.5 Å². The molecule has 0 radical (unpaired) electrons. The van der Waals surface area contributed by atoms with E-state index in [4.69, 9.17) is 41.8 Å². The van der Waals surface area contributed by atoms with Gasteiger partial charge < -0.3 is 40.6 Å². The van der Waals surface area contributed by atoms with Crippen LogP contribution in [-0.4, -0.2) is 110 Å². The first-order chi connectivity index (χ1) is 20.5. The van der Waals surface area contributed by atoms with E-state index in [1.165, 1.54) is 4.57 Å². The monoisotopic (exact) mass is 647 g/mol. The van der Waals surface area contributed by atoms with Crippen molar-refractivity contribution in [2.75, 3.05) is 24.7 Å². The van der Waals surface area contributed by atoms with Gasteiger partial charge in [0.05, 0.1) is 19.0 Å². The number of nitrogen functional groups attached to an aromatic ring is 2. The molecule has 0 saturated carbocycles. The molecule has 4 aromatic heterocycles. The summed E-state index contributed by atoms with van der Waals surface area (Å²) in [6.45, 7) is -5.46. The van der Waals surface area contributed by atoms with Crippen LogP contribution in [0.15, 0.2) is 17.4 Å². The van der Waals surface area contributed by atoms with E-state index in [0.717, 1.165) is 17.3 Å². The Kier molecular flexibility index (Phi) is 7.81. The van der Waals surface area contributed by atoms with Crippen molar-refractivity contribution in [1.29, 1.82) is 0 Å². The van der Waals surface area contributed by atoms with Crippen molar-refractivity contribution >= 4 is 52.6 Å². The van der Waals surface area contributed by atoms with E-state index < -0.39 is 74.7 Å². The highest BCUT2D eigenvalue weighted by Crippen LogP contribution is 2.51. The third kappa shape index (κ3) is 5.34. The van der Waals surface area contributed by atoms with Gasteiger partial charge in [-0.1, -0.05) is 5.21 Å². The second-order valence-electron chi connectivity index (χ2n) is 9.60. The fraction of sp³-hybridized carbons (Fsp3) is 0.550. The van der Waals surface area contributed by atoms with E-state index in [-0.39, 0.29) is 40.5 Å². The lowest BCUT2D eigenvalue weighted by atomic mass is 10.1. The van der Waals surface area contributed by atoms with Crippen molar-refractivity contribution in [3.8, 4) is 0 Å². The summed E-state index contributed by atoms with van der Waals surface area (Å²) in [6, 6.07) is 0. The molecular weight excluding hydrogens is 623 g/mol. The molecule has 232 valence electrons. The molecule has 23 heteroatoms. The molecule has 0 spiro atoms. The molecule has 0 aliphatic carbocycles. The molecular formula is C20H24F2N11O8PS. The van der Waals surface area contributed by atoms with Crippen LogP contribution >= 0.6 is 6.72 Å². The number of alkyl halides is 2. The highest BCUT2D eigenvalue weighted by atomic mass is 32.5. The summed E-state index contributed by atoms with van der Waals surface area (Å²) >= 11 is 5.09. The molecule has 8 N–H and O–H groups in total. The van der Waals surface area contributed by atoms with E-state index in [0.29, 0.717) is 0 Å². The highest BCUT2D eigenvalue weighted by molar-refractivity contribution is 8.07. The zero-order chi connectivity index (χ0) is 30.6. The van der Waals surface area contributed by atoms with Crippen LogP contribution in [-0.2, 0) is 30.3 Å². The average Bonchev–Trinajstić information content (AvgIpc) is 3.71. The van der Waals surface area contributed by atoms with Crippen molar-refractivity contribution < 1.29 is 42.4 Å². The second kappa shape index (κ2) is 11.3. The van der Waals surface area contributed by atoms with Gasteiger partial charge in [0, 0.05) is 6.61 Å². The number of nitrogens with zero attached hydrogens (tertiary/aromatic N) is 8. The Morgan fingerprint density at radius 2 is 1.88 bits per heavy atom. The molecule has 2 saturated heterocycles. The van der Waals surface area contributed by atoms with Crippen molar-refractivity contribution in [3.05, 3.63) is 23.0 Å². The maximum absolute atomic E-state index is 15.5. The Bertz CT molecular complexity index is 1760. The first-order valence-corrected chi connectivity index (χ1v) is 15.2. The van der Waals surface area contributed by atoms with Gasteiger partial charge in [-0.15, -0.1) is 5.10 Å². The number of anilines is 2. The minimum Gasteiger partial charge on any atom is -0.396 e. The number of aliphatic hydroxyl groups is 2. The summed E-state index contributed by atoms with van der Waals surface area (Å²) in [5, 5.41) is 27.5. The molecule has 2 fully saturated rings. The van der Waals surface area contributed by atoms with Gasteiger partial charge in [-0.25, -0.2) is 23.7 Å². The van der Waals surface area contributed by atoms with Crippen molar-refractivity contribution in [1.82, 2.24) is 44.5 Å². The molecule has 43 heavy (non-hydrogen) atoms. The third-order valence-corrected chi connectivity index (χ3v) is 8.44. The van der Waals surface area contributed by atoms with E-state index in [2.05, 4.69) is 35.2 Å². The Hall–Kier alpha value is -3.34. The maximum Gasteiger partial charge on any atom is 0.325 e. The number of nitrogens with two attached hydrogens (primary N) is 2. The molecule has 3 unspecified atom stereocenters. The van der Waals surface area contributed by atoms with Crippen LogP contribution in [0.5, 0.6) is 0 Å². The predicted molar refractivity (Wildman–Crippen MR) is 143 cm³/mol. The van der Waals surface area contributed by atoms with Gasteiger partial charge in [-0.2, -0.15) is 9.67 Å². The summed E-state index contributed by atoms with van der Waals surface area (Å²) in [4.78, 5) is 41.1. The summed E-state index contributed by atoms with van der Waals surface area (Å²) in [7, 11) is 0. The Morgan fingerprint density at radius 1 is 1.12 bits per heavy atom.